The quantitative estimate of drug-likeness (QED) is 0.342. The van der Waals surface area contributed by atoms with E-state index in [2.05, 4.69) is 4.72 Å². The molecule has 0 heterocycles. The number of benzene rings is 3. The van der Waals surface area contributed by atoms with Gasteiger partial charge in [-0.05, 0) is 48.0 Å². The summed E-state index contributed by atoms with van der Waals surface area (Å²) in [4.78, 5) is -0.140. The van der Waals surface area contributed by atoms with Gasteiger partial charge in [0, 0.05) is 5.56 Å². The number of anilines is 1. The molecule has 36 heavy (non-hydrogen) atoms. The van der Waals surface area contributed by atoms with Crippen LogP contribution in [0.2, 0.25) is 5.02 Å². The van der Waals surface area contributed by atoms with Crippen molar-refractivity contribution in [2.45, 2.75) is 4.90 Å². The van der Waals surface area contributed by atoms with Gasteiger partial charge in [-0.15, -0.1) is 0 Å². The molecule has 0 saturated heterocycles. The van der Waals surface area contributed by atoms with E-state index in [1.165, 1.54) is 65.9 Å². The Balaban J connectivity index is 2.07. The molecule has 0 amide bonds. The number of hydrogen-bond donors (Lipinski definition) is 1. The number of halogens is 2. The third-order valence-corrected chi connectivity index (χ3v) is 6.80. The van der Waals surface area contributed by atoms with E-state index in [0.717, 1.165) is 0 Å². The van der Waals surface area contributed by atoms with Gasteiger partial charge in [0.25, 0.3) is 10.0 Å². The van der Waals surface area contributed by atoms with Gasteiger partial charge in [0.05, 0.1) is 45.5 Å². The molecule has 0 aliphatic heterocycles. The average molecular weight is 538 g/mol. The highest BCUT2D eigenvalue weighted by Gasteiger charge is 2.22. The normalized spacial score (nSPS) is 11.3. The van der Waals surface area contributed by atoms with Crippen LogP contribution in [0.25, 0.3) is 12.2 Å². The summed E-state index contributed by atoms with van der Waals surface area (Å²) >= 11 is 6.10. The largest absolute Gasteiger partial charge is 0.495 e. The number of ether oxygens (including phenoxy) is 5. The molecule has 0 aliphatic rings. The third-order valence-electron chi connectivity index (χ3n) is 5.16. The van der Waals surface area contributed by atoms with Gasteiger partial charge in [-0.25, -0.2) is 12.8 Å². The molecule has 0 aromatic heterocycles. The number of hydrogen-bond acceptors (Lipinski definition) is 7. The van der Waals surface area contributed by atoms with Crippen molar-refractivity contribution in [3.05, 3.63) is 64.4 Å². The van der Waals surface area contributed by atoms with Crippen molar-refractivity contribution in [3.8, 4) is 28.7 Å². The Morgan fingerprint density at radius 3 is 1.92 bits per heavy atom. The zero-order valence-electron chi connectivity index (χ0n) is 20.2. The van der Waals surface area contributed by atoms with Crippen LogP contribution in [0.1, 0.15) is 11.1 Å². The highest BCUT2D eigenvalue weighted by atomic mass is 35.5. The first-order chi connectivity index (χ1) is 17.2. The SMILES string of the molecule is COc1ccc(S(=O)(=O)Nc2c(C=Cc3cc(OC)c(OC)c(OC)c3)ccc(F)c2OC)cc1Cl. The average Bonchev–Trinajstić information content (AvgIpc) is 2.87. The fourth-order valence-electron chi connectivity index (χ4n) is 3.41. The molecule has 0 saturated carbocycles. The first-order valence-electron chi connectivity index (χ1n) is 10.4. The molecular weight excluding hydrogens is 513 g/mol. The van der Waals surface area contributed by atoms with E-state index in [1.807, 2.05) is 0 Å². The van der Waals surface area contributed by atoms with E-state index in [9.17, 15) is 12.8 Å². The Morgan fingerprint density at radius 1 is 0.778 bits per heavy atom. The van der Waals surface area contributed by atoms with Gasteiger partial charge >= 0.3 is 0 Å². The molecule has 0 spiro atoms. The van der Waals surface area contributed by atoms with Crippen LogP contribution in [0.15, 0.2) is 47.4 Å². The van der Waals surface area contributed by atoms with Crippen molar-refractivity contribution in [3.63, 3.8) is 0 Å². The van der Waals surface area contributed by atoms with Gasteiger partial charge in [0.2, 0.25) is 5.75 Å². The molecular formula is C25H25ClFNO7S. The van der Waals surface area contributed by atoms with Crippen LogP contribution < -0.4 is 28.4 Å². The highest BCUT2D eigenvalue weighted by molar-refractivity contribution is 7.92. The van der Waals surface area contributed by atoms with Gasteiger partial charge < -0.3 is 23.7 Å². The van der Waals surface area contributed by atoms with Crippen LogP contribution in [-0.4, -0.2) is 44.0 Å². The number of nitrogens with one attached hydrogen (secondary N) is 1. The predicted molar refractivity (Wildman–Crippen MR) is 137 cm³/mol. The summed E-state index contributed by atoms with van der Waals surface area (Å²) < 4.78 is 69.6. The van der Waals surface area contributed by atoms with E-state index in [4.69, 9.17) is 35.3 Å². The summed E-state index contributed by atoms with van der Waals surface area (Å²) in [6.45, 7) is 0. The molecule has 0 unspecified atom stereocenters. The van der Waals surface area contributed by atoms with E-state index in [-0.39, 0.29) is 21.4 Å². The molecule has 0 fully saturated rings. The van der Waals surface area contributed by atoms with E-state index < -0.39 is 15.8 Å². The predicted octanol–water partition coefficient (Wildman–Crippen LogP) is 5.49. The van der Waals surface area contributed by atoms with Crippen LogP contribution in [0.4, 0.5) is 10.1 Å². The second kappa shape index (κ2) is 11.4. The minimum atomic E-state index is -4.17. The second-order valence-corrected chi connectivity index (χ2v) is 9.33. The Bertz CT molecular complexity index is 1370. The molecule has 0 aliphatic carbocycles. The molecule has 3 rings (SSSR count). The van der Waals surface area contributed by atoms with E-state index in [0.29, 0.717) is 34.1 Å². The fraction of sp³-hybridized carbons (Fsp3) is 0.200. The summed E-state index contributed by atoms with van der Waals surface area (Å²) in [5.41, 5.74) is 0.904. The third kappa shape index (κ3) is 5.60. The van der Waals surface area contributed by atoms with E-state index in [1.54, 1.807) is 24.3 Å². The zero-order chi connectivity index (χ0) is 26.5. The van der Waals surface area contributed by atoms with Crippen LogP contribution in [0.3, 0.4) is 0 Å². The van der Waals surface area contributed by atoms with Crippen molar-refractivity contribution in [1.82, 2.24) is 0 Å². The standard InChI is InChI=1S/C25H25ClFNO7S/c1-31-20-11-9-17(14-18(20)26)36(29,30)28-23-16(8-10-19(27)24(23)34-4)7-6-15-12-21(32-2)25(35-5)22(13-15)33-3/h6-14,28H,1-5H3. The van der Waals surface area contributed by atoms with Crippen molar-refractivity contribution in [1.29, 1.82) is 0 Å². The topological polar surface area (TPSA) is 92.3 Å². The maximum Gasteiger partial charge on any atom is 0.262 e. The molecule has 3 aromatic carbocycles. The van der Waals surface area contributed by atoms with Crippen molar-refractivity contribution < 1.29 is 36.5 Å². The summed E-state index contributed by atoms with van der Waals surface area (Å²) in [6, 6.07) is 10.00. The van der Waals surface area contributed by atoms with Gasteiger partial charge in [-0.1, -0.05) is 23.8 Å². The van der Waals surface area contributed by atoms with Crippen molar-refractivity contribution in [2.24, 2.45) is 0 Å². The molecule has 0 radical (unpaired) electrons. The molecule has 192 valence electrons. The van der Waals surface area contributed by atoms with Crippen LogP contribution >= 0.6 is 11.6 Å². The second-order valence-electron chi connectivity index (χ2n) is 7.24. The molecule has 0 atom stereocenters. The monoisotopic (exact) mass is 537 g/mol. The minimum absolute atomic E-state index is 0.0897. The van der Waals surface area contributed by atoms with Crippen molar-refractivity contribution in [2.75, 3.05) is 40.3 Å². The van der Waals surface area contributed by atoms with Crippen LogP contribution in [-0.2, 0) is 10.0 Å². The molecule has 1 N–H and O–H groups in total. The Hall–Kier alpha value is -3.63. The van der Waals surface area contributed by atoms with Crippen molar-refractivity contribution >= 4 is 39.5 Å². The molecule has 0 bridgehead atoms. The molecule has 3 aromatic rings. The minimum Gasteiger partial charge on any atom is -0.495 e. The van der Waals surface area contributed by atoms with Gasteiger partial charge in [0.1, 0.15) is 11.4 Å². The smallest absolute Gasteiger partial charge is 0.262 e. The summed E-state index contributed by atoms with van der Waals surface area (Å²) in [5, 5.41) is 0.106. The Labute approximate surface area is 214 Å². The number of rotatable bonds is 10. The maximum absolute atomic E-state index is 14.5. The lowest BCUT2D eigenvalue weighted by molar-refractivity contribution is 0.324. The lowest BCUT2D eigenvalue weighted by Gasteiger charge is -2.16. The van der Waals surface area contributed by atoms with Gasteiger partial charge in [-0.2, -0.15) is 0 Å². The summed E-state index contributed by atoms with van der Waals surface area (Å²) in [7, 11) is 2.97. The zero-order valence-corrected chi connectivity index (χ0v) is 21.8. The van der Waals surface area contributed by atoms with Gasteiger partial charge in [0.15, 0.2) is 23.1 Å². The van der Waals surface area contributed by atoms with E-state index >= 15 is 0 Å². The summed E-state index contributed by atoms with van der Waals surface area (Å²) in [5.74, 6) is 0.592. The number of sulfonamides is 1. The first-order valence-corrected chi connectivity index (χ1v) is 12.3. The van der Waals surface area contributed by atoms with Crippen LogP contribution in [0.5, 0.6) is 28.7 Å². The molecule has 11 heteroatoms. The molecule has 8 nitrogen and oxygen atoms in total. The fourth-order valence-corrected chi connectivity index (χ4v) is 4.85. The van der Waals surface area contributed by atoms with Gasteiger partial charge in [-0.3, -0.25) is 4.72 Å². The Morgan fingerprint density at radius 2 is 1.39 bits per heavy atom. The van der Waals surface area contributed by atoms with Crippen LogP contribution in [0, 0.1) is 5.82 Å². The lowest BCUT2D eigenvalue weighted by atomic mass is 10.1. The Kier molecular flexibility index (Phi) is 8.54. The maximum atomic E-state index is 14.5. The summed E-state index contributed by atoms with van der Waals surface area (Å²) in [6.07, 6.45) is 3.28. The highest BCUT2D eigenvalue weighted by Crippen LogP contribution is 2.39. The first kappa shape index (κ1) is 27.0. The number of methoxy groups -OCH3 is 5. The lowest BCUT2D eigenvalue weighted by Crippen LogP contribution is -2.15.